The molecule has 144 valence electrons. The Kier molecular flexibility index (Phi) is 5.79. The minimum atomic E-state index is -0.280. The molecule has 0 bridgehead atoms. The molecule has 3 rings (SSSR count). The van der Waals surface area contributed by atoms with Crippen LogP contribution in [-0.4, -0.2) is 25.1 Å². The Hall–Kier alpha value is -3.54. The number of rotatable bonds is 6. The SMILES string of the molecule is COc1ccc(OC)c(NC(=O)c2ccc(Nc3ccc(C)cc3C)nc2)c1. The number of hydrogen-bond acceptors (Lipinski definition) is 5. The number of aromatic nitrogens is 1. The van der Waals surface area contributed by atoms with Crippen molar-refractivity contribution in [2.45, 2.75) is 13.8 Å². The first-order chi connectivity index (χ1) is 13.5. The molecule has 0 aliphatic rings. The predicted octanol–water partition coefficient (Wildman–Crippen LogP) is 4.71. The van der Waals surface area contributed by atoms with E-state index in [1.165, 1.54) is 11.8 Å². The van der Waals surface area contributed by atoms with Crippen molar-refractivity contribution in [1.29, 1.82) is 0 Å². The molecule has 1 heterocycles. The van der Waals surface area contributed by atoms with Crippen LogP contribution >= 0.6 is 0 Å². The predicted molar refractivity (Wildman–Crippen MR) is 111 cm³/mol. The van der Waals surface area contributed by atoms with E-state index in [9.17, 15) is 4.79 Å². The van der Waals surface area contributed by atoms with Gasteiger partial charge in [-0.2, -0.15) is 0 Å². The number of methoxy groups -OCH3 is 2. The summed E-state index contributed by atoms with van der Waals surface area (Å²) >= 11 is 0. The minimum absolute atomic E-state index is 0.280. The number of carbonyl (C=O) groups excluding carboxylic acids is 1. The van der Waals surface area contributed by atoms with Crippen LogP contribution in [0, 0.1) is 13.8 Å². The van der Waals surface area contributed by atoms with Crippen molar-refractivity contribution in [2.24, 2.45) is 0 Å². The number of nitrogens with one attached hydrogen (secondary N) is 2. The number of hydrogen-bond donors (Lipinski definition) is 2. The lowest BCUT2D eigenvalue weighted by atomic mass is 10.1. The molecular weight excluding hydrogens is 354 g/mol. The quantitative estimate of drug-likeness (QED) is 0.651. The number of anilines is 3. The smallest absolute Gasteiger partial charge is 0.257 e. The van der Waals surface area contributed by atoms with Gasteiger partial charge in [0.25, 0.3) is 5.91 Å². The van der Waals surface area contributed by atoms with E-state index in [1.807, 2.05) is 19.1 Å². The summed E-state index contributed by atoms with van der Waals surface area (Å²) in [6.45, 7) is 4.10. The largest absolute Gasteiger partial charge is 0.497 e. The Balaban J connectivity index is 1.73. The molecule has 0 saturated heterocycles. The number of pyridine rings is 1. The van der Waals surface area contributed by atoms with Crippen LogP contribution in [0.15, 0.2) is 54.7 Å². The highest BCUT2D eigenvalue weighted by Gasteiger charge is 2.12. The summed E-state index contributed by atoms with van der Waals surface area (Å²) in [5.41, 5.74) is 4.29. The summed E-state index contributed by atoms with van der Waals surface area (Å²) in [4.78, 5) is 16.9. The van der Waals surface area contributed by atoms with Crippen LogP contribution in [-0.2, 0) is 0 Å². The molecule has 0 spiro atoms. The van der Waals surface area contributed by atoms with E-state index in [-0.39, 0.29) is 5.91 Å². The number of ether oxygens (including phenoxy) is 2. The molecule has 1 aromatic heterocycles. The third-order valence-electron chi connectivity index (χ3n) is 4.33. The molecule has 6 heteroatoms. The molecule has 0 aliphatic heterocycles. The monoisotopic (exact) mass is 377 g/mol. The second kappa shape index (κ2) is 8.43. The average molecular weight is 377 g/mol. The van der Waals surface area contributed by atoms with Gasteiger partial charge in [0.05, 0.1) is 25.5 Å². The van der Waals surface area contributed by atoms with E-state index >= 15 is 0 Å². The minimum Gasteiger partial charge on any atom is -0.497 e. The topological polar surface area (TPSA) is 72.5 Å². The van der Waals surface area contributed by atoms with Crippen LogP contribution in [0.25, 0.3) is 0 Å². The number of aryl methyl sites for hydroxylation is 2. The van der Waals surface area contributed by atoms with Gasteiger partial charge in [-0.25, -0.2) is 4.98 Å². The summed E-state index contributed by atoms with van der Waals surface area (Å²) in [5, 5.41) is 6.10. The summed E-state index contributed by atoms with van der Waals surface area (Å²) in [7, 11) is 3.12. The first-order valence-electron chi connectivity index (χ1n) is 8.84. The summed E-state index contributed by atoms with van der Waals surface area (Å²) in [6.07, 6.45) is 1.54. The molecule has 0 radical (unpaired) electrons. The third-order valence-corrected chi connectivity index (χ3v) is 4.33. The normalized spacial score (nSPS) is 10.3. The Morgan fingerprint density at radius 1 is 0.929 bits per heavy atom. The second-order valence-electron chi connectivity index (χ2n) is 6.40. The zero-order valence-electron chi connectivity index (χ0n) is 16.4. The number of carbonyl (C=O) groups is 1. The summed E-state index contributed by atoms with van der Waals surface area (Å²) < 4.78 is 10.5. The van der Waals surface area contributed by atoms with Gasteiger partial charge in [0, 0.05) is 18.0 Å². The van der Waals surface area contributed by atoms with Gasteiger partial charge in [0.1, 0.15) is 17.3 Å². The Bertz CT molecular complexity index is 985. The van der Waals surface area contributed by atoms with Gasteiger partial charge < -0.3 is 20.1 Å². The van der Waals surface area contributed by atoms with E-state index in [0.717, 1.165) is 11.3 Å². The maximum absolute atomic E-state index is 12.6. The molecule has 1 amide bonds. The fourth-order valence-electron chi connectivity index (χ4n) is 2.80. The molecule has 0 fully saturated rings. The molecule has 2 N–H and O–H groups in total. The Labute approximate surface area is 164 Å². The molecule has 0 aliphatic carbocycles. The van der Waals surface area contributed by atoms with Crippen LogP contribution in [0.2, 0.25) is 0 Å². The first kappa shape index (κ1) is 19.2. The summed E-state index contributed by atoms with van der Waals surface area (Å²) in [6, 6.07) is 14.9. The zero-order chi connectivity index (χ0) is 20.1. The van der Waals surface area contributed by atoms with Crippen LogP contribution < -0.4 is 20.1 Å². The number of amides is 1. The molecule has 6 nitrogen and oxygen atoms in total. The standard InChI is InChI=1S/C22H23N3O3/c1-14-5-8-18(15(2)11-14)24-21-10-6-16(13-23-21)22(26)25-19-12-17(27-3)7-9-20(19)28-4/h5-13H,1-4H3,(H,23,24)(H,25,26). The highest BCUT2D eigenvalue weighted by molar-refractivity contribution is 6.05. The van der Waals surface area contributed by atoms with Crippen molar-refractivity contribution in [1.82, 2.24) is 4.98 Å². The van der Waals surface area contributed by atoms with Crippen LogP contribution in [0.5, 0.6) is 11.5 Å². The molecule has 0 saturated carbocycles. The van der Waals surface area contributed by atoms with E-state index in [0.29, 0.717) is 28.6 Å². The Morgan fingerprint density at radius 3 is 2.39 bits per heavy atom. The van der Waals surface area contributed by atoms with Gasteiger partial charge in [-0.05, 0) is 49.7 Å². The lowest BCUT2D eigenvalue weighted by Gasteiger charge is -2.12. The maximum atomic E-state index is 12.6. The van der Waals surface area contributed by atoms with Gasteiger partial charge in [0.15, 0.2) is 0 Å². The lowest BCUT2D eigenvalue weighted by Crippen LogP contribution is -2.13. The fourth-order valence-corrected chi connectivity index (χ4v) is 2.80. The van der Waals surface area contributed by atoms with Gasteiger partial charge in [-0.3, -0.25) is 4.79 Å². The molecule has 28 heavy (non-hydrogen) atoms. The van der Waals surface area contributed by atoms with E-state index in [2.05, 4.69) is 28.6 Å². The van der Waals surface area contributed by atoms with Crippen molar-refractivity contribution >= 4 is 23.1 Å². The highest BCUT2D eigenvalue weighted by atomic mass is 16.5. The molecule has 0 unspecified atom stereocenters. The maximum Gasteiger partial charge on any atom is 0.257 e. The van der Waals surface area contributed by atoms with E-state index in [4.69, 9.17) is 9.47 Å². The molecule has 2 aromatic carbocycles. The van der Waals surface area contributed by atoms with E-state index < -0.39 is 0 Å². The van der Waals surface area contributed by atoms with Crippen LogP contribution in [0.3, 0.4) is 0 Å². The average Bonchev–Trinajstić information content (AvgIpc) is 2.70. The van der Waals surface area contributed by atoms with Gasteiger partial charge in [-0.1, -0.05) is 17.7 Å². The van der Waals surface area contributed by atoms with Crippen molar-refractivity contribution in [3.05, 3.63) is 71.4 Å². The van der Waals surface area contributed by atoms with Crippen molar-refractivity contribution in [3.63, 3.8) is 0 Å². The lowest BCUT2D eigenvalue weighted by molar-refractivity contribution is 0.102. The van der Waals surface area contributed by atoms with Crippen LogP contribution in [0.1, 0.15) is 21.5 Å². The first-order valence-corrected chi connectivity index (χ1v) is 8.84. The van der Waals surface area contributed by atoms with Crippen molar-refractivity contribution < 1.29 is 14.3 Å². The summed E-state index contributed by atoms with van der Waals surface area (Å²) in [5.74, 6) is 1.57. The second-order valence-corrected chi connectivity index (χ2v) is 6.40. The van der Waals surface area contributed by atoms with Crippen LogP contribution in [0.4, 0.5) is 17.2 Å². The Morgan fingerprint density at radius 2 is 1.75 bits per heavy atom. The van der Waals surface area contributed by atoms with Gasteiger partial charge in [0.2, 0.25) is 0 Å². The number of benzene rings is 2. The zero-order valence-corrected chi connectivity index (χ0v) is 16.4. The van der Waals surface area contributed by atoms with Gasteiger partial charge >= 0.3 is 0 Å². The van der Waals surface area contributed by atoms with Crippen molar-refractivity contribution in [3.8, 4) is 11.5 Å². The fraction of sp³-hybridized carbons (Fsp3) is 0.182. The third kappa shape index (κ3) is 4.40. The highest BCUT2D eigenvalue weighted by Crippen LogP contribution is 2.29. The van der Waals surface area contributed by atoms with E-state index in [1.54, 1.807) is 44.6 Å². The van der Waals surface area contributed by atoms with Gasteiger partial charge in [-0.15, -0.1) is 0 Å². The molecular formula is C22H23N3O3. The van der Waals surface area contributed by atoms with Crippen molar-refractivity contribution in [2.75, 3.05) is 24.9 Å². The molecule has 0 atom stereocenters. The number of nitrogens with zero attached hydrogens (tertiary/aromatic N) is 1. The molecule has 3 aromatic rings.